The van der Waals surface area contributed by atoms with Crippen LogP contribution in [0.5, 0.6) is 0 Å². The smallest absolute Gasteiger partial charge is 0.306 e. The van der Waals surface area contributed by atoms with Crippen molar-refractivity contribution in [1.82, 2.24) is 0 Å². The van der Waals surface area contributed by atoms with Crippen molar-refractivity contribution in [2.24, 2.45) is 0 Å². The summed E-state index contributed by atoms with van der Waals surface area (Å²) in [6.45, 7) is 3.84. The van der Waals surface area contributed by atoms with Crippen molar-refractivity contribution < 1.29 is 47.2 Å². The van der Waals surface area contributed by atoms with Gasteiger partial charge in [0.05, 0.1) is 33.9 Å². The van der Waals surface area contributed by atoms with Gasteiger partial charge < -0.3 is 33.0 Å². The van der Waals surface area contributed by atoms with E-state index >= 15 is 0 Å². The van der Waals surface area contributed by atoms with Crippen LogP contribution in [0.15, 0.2) is 72.9 Å². The van der Waals surface area contributed by atoms with Crippen LogP contribution >= 0.6 is 7.82 Å². The van der Waals surface area contributed by atoms with E-state index in [0.29, 0.717) is 30.3 Å². The van der Waals surface area contributed by atoms with E-state index in [4.69, 9.17) is 18.5 Å². The molecule has 0 saturated carbocycles. The monoisotopic (exact) mass is 822 g/mol. The highest BCUT2D eigenvalue weighted by Crippen LogP contribution is 2.38. The van der Waals surface area contributed by atoms with Gasteiger partial charge in [-0.3, -0.25) is 14.2 Å². The highest BCUT2D eigenvalue weighted by molar-refractivity contribution is 7.45. The number of hydrogen-bond donors (Lipinski definition) is 1. The van der Waals surface area contributed by atoms with Crippen molar-refractivity contribution in [1.29, 1.82) is 0 Å². The van der Waals surface area contributed by atoms with Crippen LogP contribution in [0.2, 0.25) is 0 Å². The Morgan fingerprint density at radius 3 is 1.86 bits per heavy atom. The Kier molecular flexibility index (Phi) is 36.0. The van der Waals surface area contributed by atoms with Gasteiger partial charge in [-0.2, -0.15) is 0 Å². The second-order valence-electron chi connectivity index (χ2n) is 15.5. The van der Waals surface area contributed by atoms with Crippen LogP contribution in [0.4, 0.5) is 0 Å². The molecule has 0 radical (unpaired) electrons. The molecule has 0 amide bonds. The first-order valence-corrected chi connectivity index (χ1v) is 23.2. The van der Waals surface area contributed by atoms with Gasteiger partial charge in [-0.15, -0.1) is 0 Å². The topological polar surface area (TPSA) is 131 Å². The third-order valence-corrected chi connectivity index (χ3v) is 9.78. The van der Waals surface area contributed by atoms with E-state index in [0.717, 1.165) is 64.2 Å². The fourth-order valence-corrected chi connectivity index (χ4v) is 6.11. The number of hydrogen-bond acceptors (Lipinski definition) is 9. The summed E-state index contributed by atoms with van der Waals surface area (Å²) in [5.74, 6) is -1.06. The lowest BCUT2D eigenvalue weighted by molar-refractivity contribution is -0.870. The molecule has 1 N–H and O–H groups in total. The highest BCUT2D eigenvalue weighted by atomic mass is 31.2. The van der Waals surface area contributed by atoms with Crippen molar-refractivity contribution in [2.45, 2.75) is 161 Å². The average molecular weight is 822 g/mol. The number of likely N-dealkylation sites (N-methyl/N-ethyl adjacent to an activating group) is 1. The molecule has 0 fully saturated rings. The van der Waals surface area contributed by atoms with E-state index in [9.17, 15) is 24.2 Å². The minimum Gasteiger partial charge on any atom is -0.756 e. The Labute approximate surface area is 347 Å². The largest absolute Gasteiger partial charge is 0.756 e. The third-order valence-electron chi connectivity index (χ3n) is 8.81. The van der Waals surface area contributed by atoms with Crippen molar-refractivity contribution in [3.05, 3.63) is 72.9 Å². The lowest BCUT2D eigenvalue weighted by Gasteiger charge is -2.28. The molecule has 0 bridgehead atoms. The van der Waals surface area contributed by atoms with Gasteiger partial charge in [0.25, 0.3) is 7.82 Å². The number of phosphoric acid groups is 1. The molecule has 3 atom stereocenters. The number of ether oxygens (including phenoxy) is 2. The zero-order chi connectivity index (χ0) is 42.3. The van der Waals surface area contributed by atoms with Crippen LogP contribution in [-0.4, -0.2) is 81.2 Å². The first-order valence-electron chi connectivity index (χ1n) is 21.8. The Hall–Kier alpha value is -2.59. The van der Waals surface area contributed by atoms with Gasteiger partial charge >= 0.3 is 11.9 Å². The number of allylic oxidation sites excluding steroid dienone is 11. The molecule has 0 spiro atoms. The molecule has 2 unspecified atom stereocenters. The summed E-state index contributed by atoms with van der Waals surface area (Å²) in [6, 6.07) is 0. The number of carbonyl (C=O) groups is 2. The number of rotatable bonds is 38. The zero-order valence-corrected chi connectivity index (χ0v) is 37.3. The molecule has 0 rings (SSSR count). The number of nitrogens with zero attached hydrogens (tertiary/aromatic N) is 1. The molecule has 0 aliphatic heterocycles. The second-order valence-corrected chi connectivity index (χ2v) is 16.9. The predicted molar refractivity (Wildman–Crippen MR) is 232 cm³/mol. The van der Waals surface area contributed by atoms with Crippen LogP contribution in [0.3, 0.4) is 0 Å². The maximum absolute atomic E-state index is 12.7. The van der Waals surface area contributed by atoms with E-state index in [1.807, 2.05) is 33.3 Å². The van der Waals surface area contributed by atoms with Gasteiger partial charge in [0.15, 0.2) is 6.10 Å². The fourth-order valence-electron chi connectivity index (χ4n) is 5.38. The number of phosphoric ester groups is 1. The van der Waals surface area contributed by atoms with Crippen molar-refractivity contribution in [2.75, 3.05) is 47.5 Å². The van der Waals surface area contributed by atoms with Crippen LogP contribution in [0.25, 0.3) is 0 Å². The van der Waals surface area contributed by atoms with Crippen molar-refractivity contribution in [3.8, 4) is 0 Å². The minimum absolute atomic E-state index is 0.0453. The Bertz CT molecular complexity index is 1220. The summed E-state index contributed by atoms with van der Waals surface area (Å²) in [4.78, 5) is 37.5. The van der Waals surface area contributed by atoms with Crippen LogP contribution in [-0.2, 0) is 32.7 Å². The van der Waals surface area contributed by atoms with E-state index in [-0.39, 0.29) is 26.1 Å². The number of aliphatic hydroxyl groups excluding tert-OH is 1. The Morgan fingerprint density at radius 2 is 1.23 bits per heavy atom. The van der Waals surface area contributed by atoms with E-state index in [1.165, 1.54) is 38.5 Å². The zero-order valence-electron chi connectivity index (χ0n) is 36.4. The normalized spacial score (nSPS) is 14.9. The number of quaternary nitrogens is 1. The molecule has 0 aliphatic carbocycles. The van der Waals surface area contributed by atoms with Crippen LogP contribution in [0, 0.1) is 0 Å². The second kappa shape index (κ2) is 37.7. The maximum Gasteiger partial charge on any atom is 0.306 e. The first kappa shape index (κ1) is 54.4. The molecule has 0 aromatic heterocycles. The summed E-state index contributed by atoms with van der Waals surface area (Å²) in [5, 5.41) is 10.3. The maximum atomic E-state index is 12.7. The summed E-state index contributed by atoms with van der Waals surface area (Å²) in [5.41, 5.74) is 0. The average Bonchev–Trinajstić information content (AvgIpc) is 3.15. The van der Waals surface area contributed by atoms with Gasteiger partial charge in [-0.1, -0.05) is 138 Å². The summed E-state index contributed by atoms with van der Waals surface area (Å²) in [6.07, 6.45) is 42.5. The Morgan fingerprint density at radius 1 is 0.667 bits per heavy atom. The fraction of sp³-hybridized carbons (Fsp3) is 0.696. The molecule has 57 heavy (non-hydrogen) atoms. The number of carbonyl (C=O) groups excluding carboxylic acids is 2. The van der Waals surface area contributed by atoms with E-state index in [1.54, 1.807) is 12.2 Å². The van der Waals surface area contributed by atoms with E-state index < -0.39 is 38.6 Å². The van der Waals surface area contributed by atoms with Gasteiger partial charge in [-0.05, 0) is 70.6 Å². The minimum atomic E-state index is -4.68. The van der Waals surface area contributed by atoms with Gasteiger partial charge in [0.1, 0.15) is 19.8 Å². The highest BCUT2D eigenvalue weighted by Gasteiger charge is 2.21. The standard InChI is InChI=1S/C46H80NO9P/c1-6-8-10-12-14-16-18-20-21-23-25-27-29-31-33-37-46(50)56-44(42-55-57(51,52)54-40-39-47(3,4)5)41-53-45(49)38-34-36-43(48)35-32-30-28-26-24-22-19-17-15-13-11-9-7-2/h8,10,14,16,20-22,24,28,30,32,35,43-44,48H,6-7,9,11-13,15,17-19,23,25-27,29,31,33-34,36-42H2,1-5H3/b10-8-,16-14-,21-20-,24-22+,30-28+,35-32+/t43?,44-/m1/s1. The van der Waals surface area contributed by atoms with Crippen LogP contribution in [0.1, 0.15) is 149 Å². The molecule has 11 heteroatoms. The molecular formula is C46H80NO9P. The molecule has 0 saturated heterocycles. The van der Waals surface area contributed by atoms with E-state index in [2.05, 4.69) is 62.5 Å². The lowest BCUT2D eigenvalue weighted by Crippen LogP contribution is -2.37. The molecule has 328 valence electrons. The molecule has 0 aromatic rings. The predicted octanol–water partition coefficient (Wildman–Crippen LogP) is 10.6. The third kappa shape index (κ3) is 41.4. The quantitative estimate of drug-likeness (QED) is 0.0161. The Balaban J connectivity index is 4.59. The molecule has 0 aromatic carbocycles. The van der Waals surface area contributed by atoms with Crippen LogP contribution < -0.4 is 4.89 Å². The lowest BCUT2D eigenvalue weighted by atomic mass is 10.1. The number of unbranched alkanes of at least 4 members (excludes halogenated alkanes) is 11. The van der Waals surface area contributed by atoms with Gasteiger partial charge in [0, 0.05) is 12.8 Å². The first-order chi connectivity index (χ1) is 27.4. The van der Waals surface area contributed by atoms with Gasteiger partial charge in [-0.25, -0.2) is 0 Å². The van der Waals surface area contributed by atoms with Gasteiger partial charge in [0.2, 0.25) is 0 Å². The summed E-state index contributed by atoms with van der Waals surface area (Å²) < 4.78 is 33.7. The molecular weight excluding hydrogens is 741 g/mol. The number of esters is 2. The summed E-state index contributed by atoms with van der Waals surface area (Å²) >= 11 is 0. The molecule has 0 aliphatic rings. The SMILES string of the molecule is CC/C=C\C/C=C\C/C=C\CCCCCCCC(=O)O[C@H](COC(=O)CCCC(O)/C=C/C=C/C/C=C/CCCCCCCC)COP(=O)([O-])OCC[N+](C)(C)C. The molecule has 0 heterocycles. The van der Waals surface area contributed by atoms with Crippen molar-refractivity contribution in [3.63, 3.8) is 0 Å². The van der Waals surface area contributed by atoms with Crippen molar-refractivity contribution >= 4 is 19.8 Å². The molecule has 10 nitrogen and oxygen atoms in total. The summed E-state index contributed by atoms with van der Waals surface area (Å²) in [7, 11) is 1.04. The number of aliphatic hydroxyl groups is 1.